The third kappa shape index (κ3) is 6.18. The average Bonchev–Trinajstić information content (AvgIpc) is 3.40. The number of benzene rings is 1. The van der Waals surface area contributed by atoms with Crippen LogP contribution in [0.2, 0.25) is 0 Å². The van der Waals surface area contributed by atoms with Gasteiger partial charge in [0.2, 0.25) is 5.95 Å². The Morgan fingerprint density at radius 2 is 2.00 bits per heavy atom. The number of nitrogens with zero attached hydrogens (tertiary/aromatic N) is 4. The lowest BCUT2D eigenvalue weighted by Crippen LogP contribution is -2.41. The first kappa shape index (κ1) is 29.6. The van der Waals surface area contributed by atoms with Crippen LogP contribution in [0.4, 0.5) is 16.2 Å². The molecule has 1 aliphatic heterocycles. The van der Waals surface area contributed by atoms with Crippen LogP contribution in [0.1, 0.15) is 33.9 Å². The number of alkyl halides is 1. The number of aromatic nitrogens is 4. The van der Waals surface area contributed by atoms with E-state index >= 15 is 4.39 Å². The van der Waals surface area contributed by atoms with E-state index in [9.17, 15) is 14.5 Å². The summed E-state index contributed by atoms with van der Waals surface area (Å²) in [4.78, 5) is 24.8. The summed E-state index contributed by atoms with van der Waals surface area (Å²) >= 11 is 0. The summed E-state index contributed by atoms with van der Waals surface area (Å²) < 4.78 is 53.2. The lowest BCUT2D eigenvalue weighted by Gasteiger charge is -2.25. The summed E-state index contributed by atoms with van der Waals surface area (Å²) in [6.07, 6.45) is -3.52. The molecule has 1 aliphatic rings. The molecule has 14 nitrogen and oxygen atoms in total. The monoisotopic (exact) mass is 581 g/mol. The van der Waals surface area contributed by atoms with Gasteiger partial charge in [-0.2, -0.15) is 15.1 Å². The maximum Gasteiger partial charge on any atom is 0.459 e. The number of fused-ring (bicyclic) bond motifs is 1. The van der Waals surface area contributed by atoms with Gasteiger partial charge in [0.25, 0.3) is 0 Å². The number of imidazole rings is 1. The van der Waals surface area contributed by atoms with E-state index in [1.54, 1.807) is 51.2 Å². The normalized spacial score (nSPS) is 25.1. The van der Waals surface area contributed by atoms with Gasteiger partial charge in [-0.3, -0.25) is 13.9 Å². The molecule has 0 aliphatic carbocycles. The zero-order valence-electron chi connectivity index (χ0n) is 22.6. The minimum Gasteiger partial charge on any atom is -0.462 e. The van der Waals surface area contributed by atoms with Gasteiger partial charge in [0.1, 0.15) is 24.0 Å². The first-order valence-electron chi connectivity index (χ1n) is 12.5. The molecule has 0 bridgehead atoms. The van der Waals surface area contributed by atoms with Gasteiger partial charge in [-0.25, -0.2) is 13.9 Å². The van der Waals surface area contributed by atoms with Crippen molar-refractivity contribution in [3.8, 4) is 5.75 Å². The Bertz CT molecular complexity index is 1390. The molecule has 16 heteroatoms. The number of ether oxygens (including phenoxy) is 2. The Morgan fingerprint density at radius 1 is 1.30 bits per heavy atom. The lowest BCUT2D eigenvalue weighted by molar-refractivity contribution is -0.149. The number of nitrogens with two attached hydrogens (primary N) is 1. The summed E-state index contributed by atoms with van der Waals surface area (Å²) in [5, 5.41) is 16.2. The van der Waals surface area contributed by atoms with Crippen LogP contribution in [-0.4, -0.2) is 74.3 Å². The summed E-state index contributed by atoms with van der Waals surface area (Å²) in [6.45, 7) is 5.37. The van der Waals surface area contributed by atoms with E-state index in [1.165, 1.54) is 17.8 Å². The van der Waals surface area contributed by atoms with Gasteiger partial charge in [0, 0.05) is 7.05 Å². The largest absolute Gasteiger partial charge is 0.462 e. The highest BCUT2D eigenvalue weighted by atomic mass is 31.2. The van der Waals surface area contributed by atoms with E-state index in [0.717, 1.165) is 6.92 Å². The Morgan fingerprint density at radius 3 is 2.65 bits per heavy atom. The van der Waals surface area contributed by atoms with Gasteiger partial charge in [-0.15, -0.1) is 0 Å². The van der Waals surface area contributed by atoms with E-state index < -0.39 is 56.6 Å². The van der Waals surface area contributed by atoms with E-state index in [2.05, 4.69) is 25.4 Å². The second-order valence-corrected chi connectivity index (χ2v) is 11.4. The maximum atomic E-state index is 16.0. The molecule has 6 atom stereocenters. The predicted molar refractivity (Wildman–Crippen MR) is 143 cm³/mol. The van der Waals surface area contributed by atoms with Gasteiger partial charge >= 0.3 is 13.7 Å². The van der Waals surface area contributed by atoms with Gasteiger partial charge in [0.15, 0.2) is 28.9 Å². The second kappa shape index (κ2) is 11.6. The van der Waals surface area contributed by atoms with Crippen LogP contribution in [0, 0.1) is 0 Å². The Labute approximate surface area is 230 Å². The first-order chi connectivity index (χ1) is 18.8. The highest BCUT2D eigenvalue weighted by Crippen LogP contribution is 2.48. The highest BCUT2D eigenvalue weighted by Gasteiger charge is 2.56. The van der Waals surface area contributed by atoms with Crippen molar-refractivity contribution in [2.75, 3.05) is 24.7 Å². The van der Waals surface area contributed by atoms with Crippen molar-refractivity contribution in [1.29, 1.82) is 0 Å². The molecule has 0 spiro atoms. The van der Waals surface area contributed by atoms with E-state index in [-0.39, 0.29) is 17.3 Å². The van der Waals surface area contributed by atoms with E-state index in [0.29, 0.717) is 11.3 Å². The topological polar surface area (TPSA) is 185 Å². The molecule has 3 heterocycles. The molecular weight excluding hydrogens is 548 g/mol. The first-order valence-corrected chi connectivity index (χ1v) is 14.1. The molecule has 3 aromatic rings. The van der Waals surface area contributed by atoms with Crippen molar-refractivity contribution in [1.82, 2.24) is 24.6 Å². The number of aliphatic hydroxyl groups is 1. The van der Waals surface area contributed by atoms with Gasteiger partial charge < -0.3 is 30.2 Å². The van der Waals surface area contributed by atoms with Crippen molar-refractivity contribution in [2.24, 2.45) is 0 Å². The van der Waals surface area contributed by atoms with Crippen LogP contribution < -0.4 is 20.7 Å². The molecule has 1 fully saturated rings. The smallest absolute Gasteiger partial charge is 0.459 e. The fourth-order valence-electron chi connectivity index (χ4n) is 4.14. The van der Waals surface area contributed by atoms with Crippen molar-refractivity contribution < 1.29 is 37.4 Å². The molecule has 1 aromatic carbocycles. The quantitative estimate of drug-likeness (QED) is 0.191. The average molecular weight is 582 g/mol. The van der Waals surface area contributed by atoms with Crippen LogP contribution in [0.25, 0.3) is 11.2 Å². The fraction of sp³-hybridized carbons (Fsp3) is 0.500. The number of nitrogens with one attached hydrogen (secondary N) is 2. The Hall–Kier alpha value is -3.36. The van der Waals surface area contributed by atoms with Gasteiger partial charge in [0.05, 0.1) is 19.0 Å². The number of hydrogen-bond donors (Lipinski definition) is 4. The minimum atomic E-state index is -4.28. The number of halogens is 1. The van der Waals surface area contributed by atoms with Crippen molar-refractivity contribution in [3.63, 3.8) is 0 Å². The number of carbonyl (C=O) groups excluding carboxylic acids is 1. The number of anilines is 2. The summed E-state index contributed by atoms with van der Waals surface area (Å²) in [5.74, 6) is -0.243. The molecule has 2 aromatic heterocycles. The summed E-state index contributed by atoms with van der Waals surface area (Å²) in [6, 6.07) is 7.05. The molecule has 1 unspecified atom stereocenters. The van der Waals surface area contributed by atoms with Crippen LogP contribution in [-0.2, 0) is 23.4 Å². The molecule has 1 saturated heterocycles. The molecule has 218 valence electrons. The van der Waals surface area contributed by atoms with Crippen LogP contribution in [0.5, 0.6) is 5.75 Å². The van der Waals surface area contributed by atoms with E-state index in [1.807, 2.05) is 0 Å². The number of carbonyl (C=O) groups is 1. The third-order valence-electron chi connectivity index (χ3n) is 6.08. The number of esters is 1. The minimum absolute atomic E-state index is 0.0761. The molecule has 0 amide bonds. The van der Waals surface area contributed by atoms with Crippen molar-refractivity contribution in [2.45, 2.75) is 63.9 Å². The number of nitrogen functional groups attached to an aromatic ring is 1. The van der Waals surface area contributed by atoms with Crippen molar-refractivity contribution >= 4 is 36.6 Å². The van der Waals surface area contributed by atoms with Crippen molar-refractivity contribution in [3.05, 3.63) is 36.7 Å². The molecule has 0 saturated carbocycles. The lowest BCUT2D eigenvalue weighted by atomic mass is 9.98. The standard InChI is InChI=1S/C24H33FN7O7P/c1-13(2)37-21(34)14(3)31-40(35,39-15-9-7-6-8-10-15)36-11-16-18(33)24(4,25)22(38-16)32-12-28-17-19(27-5)29-23(26)30-20(17)32/h6-10,12-14,16,18,22,33H,11H2,1-5H3,(H,31,35)(H3,26,27,29,30)/t14-,16+,18?,22+,24+,40+/m0/s1. The summed E-state index contributed by atoms with van der Waals surface area (Å²) in [5.41, 5.74) is 3.94. The van der Waals surface area contributed by atoms with Crippen LogP contribution in [0.3, 0.4) is 0 Å². The van der Waals surface area contributed by atoms with Crippen LogP contribution in [0.15, 0.2) is 36.7 Å². The van der Waals surface area contributed by atoms with Gasteiger partial charge in [-0.1, -0.05) is 18.2 Å². The molecule has 0 radical (unpaired) electrons. The fourth-order valence-corrected chi connectivity index (χ4v) is 5.64. The van der Waals surface area contributed by atoms with Gasteiger partial charge in [-0.05, 0) is 39.8 Å². The zero-order valence-corrected chi connectivity index (χ0v) is 23.5. The predicted octanol–water partition coefficient (Wildman–Crippen LogP) is 2.57. The number of aliphatic hydroxyl groups excluding tert-OH is 1. The molecular formula is C24H33FN7O7P. The van der Waals surface area contributed by atoms with E-state index in [4.69, 9.17) is 24.3 Å². The number of hydrogen-bond acceptors (Lipinski definition) is 12. The molecule has 5 N–H and O–H groups in total. The summed E-state index contributed by atoms with van der Waals surface area (Å²) in [7, 11) is -2.66. The number of rotatable bonds is 11. The van der Waals surface area contributed by atoms with Crippen LogP contribution >= 0.6 is 7.75 Å². The highest BCUT2D eigenvalue weighted by molar-refractivity contribution is 7.52. The number of para-hydroxylation sites is 1. The zero-order chi connectivity index (χ0) is 29.2. The SMILES string of the molecule is CNc1nc(N)nc2c1ncn2[C@@H]1O[C@H](CO[P@](=O)(N[C@@H](C)C(=O)OC(C)C)Oc2ccccc2)C(O)[C@@]1(C)F. The second-order valence-electron chi connectivity index (χ2n) is 9.66. The Kier molecular flexibility index (Phi) is 8.61. The maximum absolute atomic E-state index is 16.0. The molecule has 4 rings (SSSR count). The molecule has 40 heavy (non-hydrogen) atoms. The third-order valence-corrected chi connectivity index (χ3v) is 7.72. The Balaban J connectivity index is 1.56.